The number of carbonyl (C=O) groups is 2. The second kappa shape index (κ2) is 12.1. The van der Waals surface area contributed by atoms with Gasteiger partial charge in [-0.15, -0.1) is 21.5 Å². The Kier molecular flexibility index (Phi) is 8.70. The zero-order valence-electron chi connectivity index (χ0n) is 20.2. The average Bonchev–Trinajstić information content (AvgIpc) is 3.49. The number of amides is 1. The van der Waals surface area contributed by atoms with Crippen LogP contribution < -0.4 is 14.8 Å². The van der Waals surface area contributed by atoms with E-state index in [0.717, 1.165) is 11.3 Å². The van der Waals surface area contributed by atoms with Gasteiger partial charge in [0.1, 0.15) is 28.7 Å². The lowest BCUT2D eigenvalue weighted by Gasteiger charge is -2.08. The molecule has 0 saturated carbocycles. The van der Waals surface area contributed by atoms with E-state index in [9.17, 15) is 9.59 Å². The zero-order valence-corrected chi connectivity index (χ0v) is 22.6. The Bertz CT molecular complexity index is 1390. The summed E-state index contributed by atoms with van der Waals surface area (Å²) in [6.45, 7) is 0.216. The maximum absolute atomic E-state index is 12.7. The van der Waals surface area contributed by atoms with Gasteiger partial charge in [0.25, 0.3) is 0 Å². The molecular weight excluding hydrogens is 536 g/mol. The van der Waals surface area contributed by atoms with Crippen LogP contribution in [0.4, 0.5) is 5.00 Å². The highest BCUT2D eigenvalue weighted by atomic mass is 35.5. The lowest BCUT2D eigenvalue weighted by molar-refractivity contribution is -0.113. The SMILES string of the molecule is COC(=O)c1c(-c2ccc(Cl)cc2)csc1NC(=O)CSc1nnc(COc2ccc(OC)cc2)n1C. The van der Waals surface area contributed by atoms with Crippen molar-refractivity contribution >= 4 is 51.6 Å². The molecule has 4 rings (SSSR count). The number of ether oxygens (including phenoxy) is 3. The second-order valence-electron chi connectivity index (χ2n) is 7.61. The number of carbonyl (C=O) groups excluding carboxylic acids is 2. The van der Waals surface area contributed by atoms with Crippen LogP contribution in [0.15, 0.2) is 59.1 Å². The normalized spacial score (nSPS) is 10.7. The highest BCUT2D eigenvalue weighted by Gasteiger charge is 2.23. The molecule has 0 spiro atoms. The average molecular weight is 559 g/mol. The van der Waals surface area contributed by atoms with Gasteiger partial charge in [-0.3, -0.25) is 4.79 Å². The number of anilines is 1. The first-order valence-electron chi connectivity index (χ1n) is 10.9. The molecule has 1 amide bonds. The summed E-state index contributed by atoms with van der Waals surface area (Å²) in [6, 6.07) is 14.3. The molecule has 9 nitrogen and oxygen atoms in total. The smallest absolute Gasteiger partial charge is 0.341 e. The molecule has 0 unspecified atom stereocenters. The van der Waals surface area contributed by atoms with E-state index in [0.29, 0.717) is 37.9 Å². The predicted molar refractivity (Wildman–Crippen MR) is 144 cm³/mol. The van der Waals surface area contributed by atoms with Crippen LogP contribution in [-0.2, 0) is 23.2 Å². The highest BCUT2D eigenvalue weighted by Crippen LogP contribution is 2.36. The zero-order chi connectivity index (χ0) is 26.4. The van der Waals surface area contributed by atoms with E-state index in [1.165, 1.54) is 30.2 Å². The van der Waals surface area contributed by atoms with Crippen molar-refractivity contribution in [2.75, 3.05) is 25.3 Å². The summed E-state index contributed by atoms with van der Waals surface area (Å²) in [7, 11) is 4.71. The molecule has 1 N–H and O–H groups in total. The van der Waals surface area contributed by atoms with E-state index in [4.69, 9.17) is 25.8 Å². The standard InChI is InChI=1S/C25H23ClN4O5S2/c1-30-20(12-35-18-10-8-17(33-2)9-11-18)28-29-25(30)37-14-21(31)27-23-22(24(32)34-3)19(13-36-23)15-4-6-16(26)7-5-15/h4-11,13H,12,14H2,1-3H3,(H,27,31). The van der Waals surface area contributed by atoms with Crippen LogP contribution in [0.25, 0.3) is 11.1 Å². The predicted octanol–water partition coefficient (Wildman–Crippen LogP) is 5.30. The second-order valence-corrected chi connectivity index (χ2v) is 9.87. The number of methoxy groups -OCH3 is 2. The van der Waals surface area contributed by atoms with Gasteiger partial charge in [0, 0.05) is 23.0 Å². The summed E-state index contributed by atoms with van der Waals surface area (Å²) in [4.78, 5) is 25.3. The van der Waals surface area contributed by atoms with Crippen LogP contribution in [0.2, 0.25) is 5.02 Å². The number of benzene rings is 2. The first-order chi connectivity index (χ1) is 17.9. The molecule has 2 aromatic heterocycles. The highest BCUT2D eigenvalue weighted by molar-refractivity contribution is 7.99. The van der Waals surface area contributed by atoms with Crippen molar-refractivity contribution in [1.82, 2.24) is 14.8 Å². The van der Waals surface area contributed by atoms with Crippen molar-refractivity contribution in [1.29, 1.82) is 0 Å². The first kappa shape index (κ1) is 26.5. The molecule has 0 atom stereocenters. The van der Waals surface area contributed by atoms with Crippen molar-refractivity contribution in [2.24, 2.45) is 7.05 Å². The molecule has 37 heavy (non-hydrogen) atoms. The molecule has 0 radical (unpaired) electrons. The Morgan fingerprint density at radius 3 is 2.43 bits per heavy atom. The van der Waals surface area contributed by atoms with Gasteiger partial charge in [-0.05, 0) is 42.0 Å². The van der Waals surface area contributed by atoms with Crippen LogP contribution in [0, 0.1) is 0 Å². The quantitative estimate of drug-likeness (QED) is 0.206. The molecule has 0 saturated heterocycles. The van der Waals surface area contributed by atoms with Crippen molar-refractivity contribution in [3.8, 4) is 22.6 Å². The number of rotatable bonds is 10. The molecule has 12 heteroatoms. The van der Waals surface area contributed by atoms with Crippen LogP contribution in [0.1, 0.15) is 16.2 Å². The van der Waals surface area contributed by atoms with Gasteiger partial charge in [-0.1, -0.05) is 35.5 Å². The molecule has 2 aromatic carbocycles. The van der Waals surface area contributed by atoms with E-state index in [1.54, 1.807) is 48.4 Å². The molecule has 0 aliphatic heterocycles. The Labute approximate surface area is 226 Å². The molecule has 4 aromatic rings. The number of thiophene rings is 1. The van der Waals surface area contributed by atoms with Gasteiger partial charge in [-0.2, -0.15) is 0 Å². The Morgan fingerprint density at radius 1 is 1.05 bits per heavy atom. The third-order valence-electron chi connectivity index (χ3n) is 5.27. The maximum atomic E-state index is 12.7. The van der Waals surface area contributed by atoms with Crippen LogP contribution in [0.5, 0.6) is 11.5 Å². The molecular formula is C25H23ClN4O5S2. The minimum absolute atomic E-state index is 0.0695. The van der Waals surface area contributed by atoms with Gasteiger partial charge in [0.2, 0.25) is 5.91 Å². The summed E-state index contributed by atoms with van der Waals surface area (Å²) < 4.78 is 17.6. The molecule has 0 fully saturated rings. The van der Waals surface area contributed by atoms with Gasteiger partial charge < -0.3 is 24.1 Å². The van der Waals surface area contributed by atoms with Crippen molar-refractivity contribution in [2.45, 2.75) is 11.8 Å². The monoisotopic (exact) mass is 558 g/mol. The van der Waals surface area contributed by atoms with Gasteiger partial charge >= 0.3 is 5.97 Å². The third-order valence-corrected chi connectivity index (χ3v) is 7.44. The van der Waals surface area contributed by atoms with Crippen molar-refractivity contribution in [3.63, 3.8) is 0 Å². The lowest BCUT2D eigenvalue weighted by atomic mass is 10.0. The maximum Gasteiger partial charge on any atom is 0.341 e. The van der Waals surface area contributed by atoms with E-state index in [-0.39, 0.29) is 18.3 Å². The number of nitrogens with zero attached hydrogens (tertiary/aromatic N) is 3. The van der Waals surface area contributed by atoms with Crippen LogP contribution in [-0.4, -0.2) is 46.6 Å². The number of thioether (sulfide) groups is 1. The van der Waals surface area contributed by atoms with Crippen molar-refractivity contribution < 1.29 is 23.8 Å². The largest absolute Gasteiger partial charge is 0.497 e. The summed E-state index contributed by atoms with van der Waals surface area (Å²) in [5.74, 6) is 1.26. The van der Waals surface area contributed by atoms with E-state index < -0.39 is 5.97 Å². The number of halogens is 1. The molecule has 2 heterocycles. The Morgan fingerprint density at radius 2 is 1.76 bits per heavy atom. The molecule has 192 valence electrons. The topological polar surface area (TPSA) is 105 Å². The third kappa shape index (κ3) is 6.43. The van der Waals surface area contributed by atoms with Crippen LogP contribution in [0.3, 0.4) is 0 Å². The van der Waals surface area contributed by atoms with Crippen LogP contribution >= 0.6 is 34.7 Å². The fourth-order valence-electron chi connectivity index (χ4n) is 3.31. The van der Waals surface area contributed by atoms with Crippen molar-refractivity contribution in [3.05, 3.63) is 70.3 Å². The number of aromatic nitrogens is 3. The summed E-state index contributed by atoms with van der Waals surface area (Å²) >= 11 is 8.46. The minimum atomic E-state index is -0.538. The summed E-state index contributed by atoms with van der Waals surface area (Å²) in [5.41, 5.74) is 1.75. The molecule has 0 bridgehead atoms. The fraction of sp³-hybridized carbons (Fsp3) is 0.200. The molecule has 0 aliphatic rings. The molecule has 0 aliphatic carbocycles. The van der Waals surface area contributed by atoms with E-state index >= 15 is 0 Å². The number of esters is 1. The number of nitrogens with one attached hydrogen (secondary N) is 1. The van der Waals surface area contributed by atoms with Gasteiger partial charge in [0.15, 0.2) is 11.0 Å². The van der Waals surface area contributed by atoms with E-state index in [2.05, 4.69) is 15.5 Å². The first-order valence-corrected chi connectivity index (χ1v) is 13.2. The summed E-state index contributed by atoms with van der Waals surface area (Å²) in [5, 5.41) is 14.5. The van der Waals surface area contributed by atoms with Gasteiger partial charge in [-0.25, -0.2) is 4.79 Å². The van der Waals surface area contributed by atoms with E-state index in [1.807, 2.05) is 24.3 Å². The lowest BCUT2D eigenvalue weighted by Crippen LogP contribution is -2.16. The Balaban J connectivity index is 1.38. The Hall–Kier alpha value is -3.54. The minimum Gasteiger partial charge on any atom is -0.497 e. The number of hydrogen-bond acceptors (Lipinski definition) is 9. The van der Waals surface area contributed by atoms with Gasteiger partial charge in [0.05, 0.1) is 20.0 Å². The summed E-state index contributed by atoms with van der Waals surface area (Å²) in [6.07, 6.45) is 0. The number of hydrogen-bond donors (Lipinski definition) is 1. The fourth-order valence-corrected chi connectivity index (χ4v) is 5.14.